The third-order valence-corrected chi connectivity index (χ3v) is 7.11. The summed E-state index contributed by atoms with van der Waals surface area (Å²) >= 11 is 5.65. The Kier molecular flexibility index (Phi) is 7.84. The molecule has 2 atom stereocenters. The number of allylic oxidation sites excluding steroid dienone is 2. The minimum absolute atomic E-state index is 0.0272. The monoisotopic (exact) mass is 570 g/mol. The predicted octanol–water partition coefficient (Wildman–Crippen LogP) is 3.95. The fraction of sp³-hybridized carbons (Fsp3) is 0.435. The molecule has 0 spiro atoms. The first-order valence-corrected chi connectivity index (χ1v) is 12.5. The second kappa shape index (κ2) is 10.6. The molecule has 0 aliphatic carbocycles. The summed E-state index contributed by atoms with van der Waals surface area (Å²) in [5.41, 5.74) is 0.762. The van der Waals surface area contributed by atoms with E-state index in [9.17, 15) is 22.4 Å². The molecule has 0 saturated carbocycles. The van der Waals surface area contributed by atoms with Gasteiger partial charge in [0.15, 0.2) is 11.5 Å². The van der Waals surface area contributed by atoms with Crippen LogP contribution in [0, 0.1) is 5.92 Å². The first-order chi connectivity index (χ1) is 17.0. The van der Waals surface area contributed by atoms with Gasteiger partial charge in [0.25, 0.3) is 0 Å². The van der Waals surface area contributed by atoms with Crippen molar-refractivity contribution < 1.29 is 46.9 Å². The number of piperidine rings is 1. The van der Waals surface area contributed by atoms with Crippen molar-refractivity contribution in [3.63, 3.8) is 0 Å². The SMILES string of the molecule is CNCC=C/C(=C\[CH]=[Ni])C1CN([C@@H](C)C(=O)Nc2nc3cc4c(cc3s2)OC(F)(F)O4)CCC1(F)F. The van der Waals surface area contributed by atoms with Crippen LogP contribution in [0.4, 0.5) is 22.7 Å². The van der Waals surface area contributed by atoms with Crippen molar-refractivity contribution in [1.82, 2.24) is 15.2 Å². The minimum atomic E-state index is -3.73. The van der Waals surface area contributed by atoms with E-state index in [4.69, 9.17) is 0 Å². The van der Waals surface area contributed by atoms with E-state index in [2.05, 4.69) is 40.1 Å². The van der Waals surface area contributed by atoms with Gasteiger partial charge < -0.3 is 9.47 Å². The summed E-state index contributed by atoms with van der Waals surface area (Å²) in [6.07, 6.45) is 0.774. The number of thiazole rings is 1. The van der Waals surface area contributed by atoms with E-state index in [-0.39, 0.29) is 29.7 Å². The van der Waals surface area contributed by atoms with Crippen molar-refractivity contribution >= 4 is 37.6 Å². The van der Waals surface area contributed by atoms with E-state index in [0.29, 0.717) is 22.3 Å². The zero-order valence-electron chi connectivity index (χ0n) is 19.3. The van der Waals surface area contributed by atoms with Crippen molar-refractivity contribution in [3.05, 3.63) is 35.9 Å². The third-order valence-electron chi connectivity index (χ3n) is 6.01. The molecule has 1 aromatic heterocycles. The molecular weight excluding hydrogens is 547 g/mol. The van der Waals surface area contributed by atoms with Crippen LogP contribution in [-0.2, 0) is 19.8 Å². The van der Waals surface area contributed by atoms with Crippen LogP contribution < -0.4 is 20.1 Å². The molecule has 2 aromatic rings. The molecule has 0 bridgehead atoms. The zero-order valence-corrected chi connectivity index (χ0v) is 21.1. The molecule has 0 radical (unpaired) electrons. The Hall–Kier alpha value is -2.34. The molecule has 1 unspecified atom stereocenters. The van der Waals surface area contributed by atoms with Gasteiger partial charge in [0, 0.05) is 12.1 Å². The number of nitrogens with zero attached hydrogens (tertiary/aromatic N) is 2. The Balaban J connectivity index is 1.46. The summed E-state index contributed by atoms with van der Waals surface area (Å²) in [5, 5.41) is 5.88. The van der Waals surface area contributed by atoms with Gasteiger partial charge in [0.2, 0.25) is 0 Å². The van der Waals surface area contributed by atoms with Gasteiger partial charge in [-0.1, -0.05) is 0 Å². The number of benzene rings is 1. The van der Waals surface area contributed by atoms with Crippen LogP contribution in [0.3, 0.4) is 0 Å². The predicted molar refractivity (Wildman–Crippen MR) is 126 cm³/mol. The molecule has 2 aliphatic rings. The molecule has 7 nitrogen and oxygen atoms in total. The number of nitrogens with one attached hydrogen (secondary N) is 2. The summed E-state index contributed by atoms with van der Waals surface area (Å²) in [5.74, 6) is -4.75. The van der Waals surface area contributed by atoms with Gasteiger partial charge in [-0.05, 0) is 0 Å². The van der Waals surface area contributed by atoms with Crippen molar-refractivity contribution in [2.45, 2.75) is 31.6 Å². The Morgan fingerprint density at radius 1 is 1.33 bits per heavy atom. The van der Waals surface area contributed by atoms with Crippen LogP contribution in [0.1, 0.15) is 13.3 Å². The fourth-order valence-corrected chi connectivity index (χ4v) is 5.16. The van der Waals surface area contributed by atoms with E-state index in [1.807, 2.05) is 0 Å². The summed E-state index contributed by atoms with van der Waals surface area (Å²) in [7, 11) is 1.75. The number of likely N-dealkylation sites (N-methyl/N-ethyl adjacent to an activating group) is 1. The number of hydrogen-bond donors (Lipinski definition) is 2. The van der Waals surface area contributed by atoms with E-state index in [1.165, 1.54) is 23.2 Å². The Morgan fingerprint density at radius 2 is 2.06 bits per heavy atom. The number of likely N-dealkylation sites (tertiary alicyclic amines) is 1. The third kappa shape index (κ3) is 5.80. The standard InChI is InChI=1S/C23H24F4N4O3S.Ni/c1-4-14(6-5-8-28-3)15-12-31(9-7-22(15,24)25)13(2)20(32)30-21-29-16-10-17-18(11-19(16)35-21)34-23(26,27)33-17;/h1,4-6,10-11,13,15,28H,7-9,12H2,2-3H3,(H,29,30,32);/b6-5?,14-4+;/t13-,15?;/m0./s1. The van der Waals surface area contributed by atoms with Crippen molar-refractivity contribution in [2.24, 2.45) is 5.92 Å². The quantitative estimate of drug-likeness (QED) is 0.284. The summed E-state index contributed by atoms with van der Waals surface area (Å²) in [6, 6.07) is 1.96. The topological polar surface area (TPSA) is 75.7 Å². The van der Waals surface area contributed by atoms with Crippen LogP contribution in [-0.4, -0.2) is 65.7 Å². The van der Waals surface area contributed by atoms with Crippen LogP contribution >= 0.6 is 11.3 Å². The van der Waals surface area contributed by atoms with Gasteiger partial charge in [-0.2, -0.15) is 0 Å². The summed E-state index contributed by atoms with van der Waals surface area (Å²) < 4.78 is 65.7. The van der Waals surface area contributed by atoms with Crippen LogP contribution in [0.2, 0.25) is 0 Å². The second-order valence-corrected chi connectivity index (χ2v) is 9.77. The van der Waals surface area contributed by atoms with E-state index in [0.717, 1.165) is 11.3 Å². The molecule has 1 fully saturated rings. The van der Waals surface area contributed by atoms with Crippen molar-refractivity contribution in [3.8, 4) is 11.5 Å². The fourth-order valence-electron chi connectivity index (χ4n) is 4.09. The van der Waals surface area contributed by atoms with Crippen molar-refractivity contribution in [1.29, 1.82) is 0 Å². The van der Waals surface area contributed by atoms with Gasteiger partial charge in [0.1, 0.15) is 0 Å². The zero-order chi connectivity index (χ0) is 26.1. The Bertz CT molecular complexity index is 1170. The number of rotatable bonds is 8. The number of aromatic nitrogens is 1. The molecule has 198 valence electrons. The molecule has 1 aromatic carbocycles. The van der Waals surface area contributed by atoms with Crippen molar-refractivity contribution in [2.75, 3.05) is 32.0 Å². The number of carbonyl (C=O) groups is 1. The van der Waals surface area contributed by atoms with Crippen LogP contribution in [0.5, 0.6) is 11.5 Å². The maximum absolute atomic E-state index is 14.9. The molecule has 36 heavy (non-hydrogen) atoms. The first-order valence-electron chi connectivity index (χ1n) is 11.1. The second-order valence-electron chi connectivity index (χ2n) is 8.41. The molecule has 2 aliphatic heterocycles. The number of carbonyl (C=O) groups excluding carboxylic acids is 1. The normalized spacial score (nSPS) is 22.2. The molecule has 13 heteroatoms. The van der Waals surface area contributed by atoms with Crippen LogP contribution in [0.25, 0.3) is 10.2 Å². The van der Waals surface area contributed by atoms with E-state index >= 15 is 0 Å². The van der Waals surface area contributed by atoms with Gasteiger partial charge in [0.05, 0.1) is 0 Å². The van der Waals surface area contributed by atoms with E-state index < -0.39 is 36.5 Å². The average Bonchev–Trinajstić information content (AvgIpc) is 3.32. The van der Waals surface area contributed by atoms with Gasteiger partial charge in [-0.15, -0.1) is 8.78 Å². The number of alkyl halides is 4. The average molecular weight is 571 g/mol. The van der Waals surface area contributed by atoms with E-state index in [1.54, 1.807) is 31.0 Å². The van der Waals surface area contributed by atoms with Crippen LogP contribution in [0.15, 0.2) is 35.9 Å². The number of fused-ring (bicyclic) bond motifs is 2. The van der Waals surface area contributed by atoms with Gasteiger partial charge >= 0.3 is 175 Å². The summed E-state index contributed by atoms with van der Waals surface area (Å²) in [4.78, 5) is 20.3. The molecular formula is C23H24F4N4NiO3S. The van der Waals surface area contributed by atoms with Gasteiger partial charge in [-0.25, -0.2) is 0 Å². The molecule has 4 rings (SSSR count). The Labute approximate surface area is 216 Å². The number of ether oxygens (including phenoxy) is 2. The maximum atomic E-state index is 14.9. The molecule has 1 amide bonds. The molecule has 2 N–H and O–H groups in total. The summed E-state index contributed by atoms with van der Waals surface area (Å²) in [6.45, 7) is 2.18. The first kappa shape index (κ1) is 26.7. The molecule has 1 saturated heterocycles. The number of amides is 1. The van der Waals surface area contributed by atoms with Gasteiger partial charge in [-0.3, -0.25) is 0 Å². The number of anilines is 1. The number of halogens is 4. The molecule has 3 heterocycles. The Morgan fingerprint density at radius 3 is 2.75 bits per heavy atom. The number of hydrogen-bond acceptors (Lipinski definition) is 7.